The van der Waals surface area contributed by atoms with E-state index in [4.69, 9.17) is 10.00 Å². The number of nitrogens with one attached hydrogen (secondary N) is 2. The molecule has 1 aromatic heterocycles. The highest BCUT2D eigenvalue weighted by molar-refractivity contribution is 5.87. The molecule has 0 atom stereocenters. The first kappa shape index (κ1) is 13.5. The van der Waals surface area contributed by atoms with Crippen molar-refractivity contribution in [1.82, 2.24) is 10.4 Å². The highest BCUT2D eigenvalue weighted by Gasteiger charge is 2.03. The summed E-state index contributed by atoms with van der Waals surface area (Å²) in [4.78, 5) is 15.3. The summed E-state index contributed by atoms with van der Waals surface area (Å²) in [7, 11) is 0. The fraction of sp³-hybridized carbons (Fsp3) is 0.250. The lowest BCUT2D eigenvalue weighted by atomic mass is 10.3. The van der Waals surface area contributed by atoms with Crippen molar-refractivity contribution in [3.05, 3.63) is 35.7 Å². The fourth-order valence-electron chi connectivity index (χ4n) is 1.09. The number of rotatable bonds is 5. The van der Waals surface area contributed by atoms with Gasteiger partial charge in [0, 0.05) is 12.4 Å². The summed E-state index contributed by atoms with van der Waals surface area (Å²) >= 11 is 0. The number of nitrogens with zero attached hydrogens (tertiary/aromatic N) is 2. The molecule has 0 aliphatic heterocycles. The lowest BCUT2D eigenvalue weighted by molar-refractivity contribution is -0.138. The Labute approximate surface area is 105 Å². The van der Waals surface area contributed by atoms with Gasteiger partial charge in [0.05, 0.1) is 23.8 Å². The van der Waals surface area contributed by atoms with E-state index in [1.807, 2.05) is 6.07 Å². The zero-order valence-corrected chi connectivity index (χ0v) is 10.2. The van der Waals surface area contributed by atoms with Crippen molar-refractivity contribution < 1.29 is 9.53 Å². The molecule has 0 saturated heterocycles. The van der Waals surface area contributed by atoms with Gasteiger partial charge in [-0.2, -0.15) is 5.26 Å². The number of nitriles is 1. The number of anilines is 1. The number of carbonyl (C=O) groups excluding carboxylic acids is 1. The number of hydrogen-bond acceptors (Lipinski definition) is 6. The third-order valence-corrected chi connectivity index (χ3v) is 1.98. The first-order valence-corrected chi connectivity index (χ1v) is 5.39. The van der Waals surface area contributed by atoms with Crippen molar-refractivity contribution in [3.8, 4) is 6.07 Å². The minimum absolute atomic E-state index is 0.337. The van der Waals surface area contributed by atoms with Crippen LogP contribution in [0.2, 0.25) is 0 Å². The van der Waals surface area contributed by atoms with Crippen LogP contribution < -0.4 is 10.9 Å². The van der Waals surface area contributed by atoms with Crippen LogP contribution in [-0.4, -0.2) is 17.6 Å². The van der Waals surface area contributed by atoms with Crippen LogP contribution in [-0.2, 0) is 9.53 Å². The number of hydrogen-bond donors (Lipinski definition) is 2. The summed E-state index contributed by atoms with van der Waals surface area (Å²) in [6.45, 7) is 3.71. The van der Waals surface area contributed by atoms with Gasteiger partial charge in [0.25, 0.3) is 0 Å². The minimum atomic E-state index is -0.384. The molecule has 0 unspecified atom stereocenters. The molecular weight excluding hydrogens is 232 g/mol. The van der Waals surface area contributed by atoms with Crippen LogP contribution in [0.5, 0.6) is 0 Å². The second kappa shape index (κ2) is 6.91. The topological polar surface area (TPSA) is 87.0 Å². The van der Waals surface area contributed by atoms with Gasteiger partial charge in [0.1, 0.15) is 5.82 Å². The number of esters is 1. The Kier molecular flexibility index (Phi) is 5.19. The van der Waals surface area contributed by atoms with Crippen molar-refractivity contribution in [2.45, 2.75) is 13.8 Å². The van der Waals surface area contributed by atoms with Crippen LogP contribution in [0.25, 0.3) is 0 Å². The summed E-state index contributed by atoms with van der Waals surface area (Å²) in [5.41, 5.74) is 6.39. The second-order valence-corrected chi connectivity index (χ2v) is 3.36. The summed E-state index contributed by atoms with van der Waals surface area (Å²) in [6, 6.07) is 5.19. The lowest BCUT2D eigenvalue weighted by Crippen LogP contribution is -2.18. The van der Waals surface area contributed by atoms with Crippen LogP contribution in [0, 0.1) is 11.3 Å². The average molecular weight is 246 g/mol. The lowest BCUT2D eigenvalue weighted by Gasteiger charge is -2.06. The molecule has 1 heterocycles. The smallest absolute Gasteiger partial charge is 0.335 e. The molecule has 0 radical (unpaired) electrons. The Bertz CT molecular complexity index is 491. The molecule has 6 nitrogen and oxygen atoms in total. The van der Waals surface area contributed by atoms with E-state index in [0.29, 0.717) is 23.6 Å². The van der Waals surface area contributed by atoms with E-state index < -0.39 is 0 Å². The number of hydrazine groups is 1. The van der Waals surface area contributed by atoms with Gasteiger partial charge in [0.15, 0.2) is 0 Å². The normalized spacial score (nSPS) is 10.4. The maximum absolute atomic E-state index is 11.3. The maximum atomic E-state index is 11.3. The predicted molar refractivity (Wildman–Crippen MR) is 66.1 cm³/mol. The largest absolute Gasteiger partial charge is 0.463 e. The molecular formula is C12H14N4O2. The molecule has 0 spiro atoms. The van der Waals surface area contributed by atoms with Gasteiger partial charge in [0.2, 0.25) is 0 Å². The monoisotopic (exact) mass is 246 g/mol. The van der Waals surface area contributed by atoms with Gasteiger partial charge in [-0.1, -0.05) is 0 Å². The molecule has 0 aromatic carbocycles. The van der Waals surface area contributed by atoms with E-state index in [0.717, 1.165) is 0 Å². The molecule has 1 rings (SSSR count). The summed E-state index contributed by atoms with van der Waals surface area (Å²) < 4.78 is 4.81. The third-order valence-electron chi connectivity index (χ3n) is 1.98. The fourth-order valence-corrected chi connectivity index (χ4v) is 1.09. The van der Waals surface area contributed by atoms with E-state index in [1.54, 1.807) is 26.0 Å². The molecule has 0 aliphatic rings. The Morgan fingerprint density at radius 1 is 1.67 bits per heavy atom. The van der Waals surface area contributed by atoms with Crippen LogP contribution in [0.1, 0.15) is 19.4 Å². The van der Waals surface area contributed by atoms with Crippen molar-refractivity contribution in [2.24, 2.45) is 0 Å². The molecule has 94 valence electrons. The van der Waals surface area contributed by atoms with Gasteiger partial charge >= 0.3 is 5.97 Å². The van der Waals surface area contributed by atoms with E-state index in [-0.39, 0.29) is 5.97 Å². The molecule has 1 aromatic rings. The van der Waals surface area contributed by atoms with Crippen molar-refractivity contribution in [3.63, 3.8) is 0 Å². The third kappa shape index (κ3) is 4.14. The standard InChI is InChI=1S/C12H14N4O2/c1-3-18-12(17)9(2)8-15-16-11-6-10(7-13)4-5-14-11/h4-6,8,15H,3H2,1-2H3,(H,14,16). The van der Waals surface area contributed by atoms with Gasteiger partial charge in [-0.15, -0.1) is 0 Å². The number of aromatic nitrogens is 1. The zero-order chi connectivity index (χ0) is 13.4. The molecule has 0 saturated carbocycles. The molecule has 18 heavy (non-hydrogen) atoms. The second-order valence-electron chi connectivity index (χ2n) is 3.36. The van der Waals surface area contributed by atoms with Crippen molar-refractivity contribution >= 4 is 11.8 Å². The number of pyridine rings is 1. The van der Waals surface area contributed by atoms with Gasteiger partial charge in [-0.25, -0.2) is 9.78 Å². The molecule has 0 fully saturated rings. The van der Waals surface area contributed by atoms with Crippen LogP contribution in [0.4, 0.5) is 5.82 Å². The number of ether oxygens (including phenoxy) is 1. The zero-order valence-electron chi connectivity index (χ0n) is 10.2. The Morgan fingerprint density at radius 2 is 2.44 bits per heavy atom. The number of carbonyl (C=O) groups is 1. The van der Waals surface area contributed by atoms with Crippen LogP contribution in [0.3, 0.4) is 0 Å². The SMILES string of the molecule is CCOC(=O)C(C)=CNNc1cc(C#N)ccn1. The van der Waals surface area contributed by atoms with Crippen molar-refractivity contribution in [1.29, 1.82) is 5.26 Å². The summed E-state index contributed by atoms with van der Waals surface area (Å²) in [5.74, 6) is 0.104. The highest BCUT2D eigenvalue weighted by atomic mass is 16.5. The van der Waals surface area contributed by atoms with Crippen LogP contribution >= 0.6 is 0 Å². The highest BCUT2D eigenvalue weighted by Crippen LogP contribution is 2.04. The van der Waals surface area contributed by atoms with E-state index in [1.165, 1.54) is 12.4 Å². The molecule has 2 N–H and O–H groups in total. The van der Waals surface area contributed by atoms with E-state index in [2.05, 4.69) is 15.8 Å². The van der Waals surface area contributed by atoms with E-state index >= 15 is 0 Å². The Balaban J connectivity index is 2.53. The quantitative estimate of drug-likeness (QED) is 0.463. The van der Waals surface area contributed by atoms with Crippen LogP contribution in [0.15, 0.2) is 30.1 Å². The average Bonchev–Trinajstić information content (AvgIpc) is 2.39. The molecule has 0 aliphatic carbocycles. The Morgan fingerprint density at radius 3 is 3.11 bits per heavy atom. The summed E-state index contributed by atoms with van der Waals surface area (Å²) in [5, 5.41) is 8.71. The van der Waals surface area contributed by atoms with E-state index in [9.17, 15) is 4.79 Å². The van der Waals surface area contributed by atoms with Gasteiger partial charge in [-0.05, 0) is 26.0 Å². The molecule has 0 bridgehead atoms. The summed E-state index contributed by atoms with van der Waals surface area (Å²) in [6.07, 6.45) is 2.99. The first-order valence-electron chi connectivity index (χ1n) is 5.39. The molecule has 6 heteroatoms. The minimum Gasteiger partial charge on any atom is -0.463 e. The Hall–Kier alpha value is -2.55. The predicted octanol–water partition coefficient (Wildman–Crippen LogP) is 1.34. The van der Waals surface area contributed by atoms with Crippen molar-refractivity contribution in [2.75, 3.05) is 12.0 Å². The molecule has 0 amide bonds. The van der Waals surface area contributed by atoms with Gasteiger partial charge < -0.3 is 10.2 Å². The maximum Gasteiger partial charge on any atom is 0.335 e. The first-order chi connectivity index (χ1) is 8.67. The van der Waals surface area contributed by atoms with Gasteiger partial charge in [-0.3, -0.25) is 5.43 Å².